The molecule has 0 bridgehead atoms. The second-order valence-electron chi connectivity index (χ2n) is 5.76. The van der Waals surface area contributed by atoms with E-state index in [1.54, 1.807) is 31.0 Å². The Bertz CT molecular complexity index is 465. The van der Waals surface area contributed by atoms with Gasteiger partial charge < -0.3 is 14.4 Å². The van der Waals surface area contributed by atoms with Crippen LogP contribution in [-0.4, -0.2) is 43.7 Å². The molecular weight excluding hydrogens is 302 g/mol. The number of carbonyl (C=O) groups excluding carboxylic acids is 1. The molecule has 0 radical (unpaired) electrons. The molecule has 1 aromatic rings. The predicted molar refractivity (Wildman–Crippen MR) is 89.5 cm³/mol. The molecule has 0 heterocycles. The van der Waals surface area contributed by atoms with Crippen LogP contribution >= 0.6 is 11.6 Å². The van der Waals surface area contributed by atoms with Gasteiger partial charge in [-0.1, -0.05) is 31.5 Å². The van der Waals surface area contributed by atoms with Gasteiger partial charge in [0.25, 0.3) is 5.91 Å². The summed E-state index contributed by atoms with van der Waals surface area (Å²) in [5.41, 5.74) is 0. The monoisotopic (exact) mass is 327 g/mol. The number of amides is 1. The first-order valence-corrected chi connectivity index (χ1v) is 8.03. The van der Waals surface area contributed by atoms with Crippen LogP contribution in [0.4, 0.5) is 0 Å². The van der Waals surface area contributed by atoms with E-state index in [0.29, 0.717) is 36.4 Å². The lowest BCUT2D eigenvalue weighted by molar-refractivity contribution is -0.141. The number of nitrogens with zero attached hydrogens (tertiary/aromatic N) is 1. The summed E-state index contributed by atoms with van der Waals surface area (Å²) in [6.45, 7) is 7.59. The van der Waals surface area contributed by atoms with Crippen molar-refractivity contribution >= 4 is 17.5 Å². The van der Waals surface area contributed by atoms with Crippen molar-refractivity contribution in [1.29, 1.82) is 0 Å². The first kappa shape index (κ1) is 18.8. The SMILES string of the molecule is CC(C)CCOC(C)C(=O)N(C)CCOc1cccc(Cl)c1. The minimum atomic E-state index is -0.421. The van der Waals surface area contributed by atoms with E-state index in [0.717, 1.165) is 6.42 Å². The van der Waals surface area contributed by atoms with Crippen LogP contribution in [0, 0.1) is 5.92 Å². The largest absolute Gasteiger partial charge is 0.492 e. The highest BCUT2D eigenvalue weighted by atomic mass is 35.5. The summed E-state index contributed by atoms with van der Waals surface area (Å²) in [7, 11) is 1.76. The van der Waals surface area contributed by atoms with Crippen molar-refractivity contribution in [3.63, 3.8) is 0 Å². The Morgan fingerprint density at radius 1 is 1.27 bits per heavy atom. The molecule has 0 aliphatic carbocycles. The molecule has 5 heteroatoms. The molecule has 0 aliphatic rings. The summed E-state index contributed by atoms with van der Waals surface area (Å²) in [6, 6.07) is 7.21. The Morgan fingerprint density at radius 2 is 2.00 bits per heavy atom. The van der Waals surface area contributed by atoms with E-state index in [2.05, 4.69) is 13.8 Å². The van der Waals surface area contributed by atoms with E-state index in [9.17, 15) is 4.79 Å². The third kappa shape index (κ3) is 7.14. The first-order valence-electron chi connectivity index (χ1n) is 7.65. The summed E-state index contributed by atoms with van der Waals surface area (Å²) >= 11 is 5.89. The lowest BCUT2D eigenvalue weighted by Crippen LogP contribution is -2.38. The molecular formula is C17H26ClNO3. The summed E-state index contributed by atoms with van der Waals surface area (Å²) in [4.78, 5) is 13.8. The average molecular weight is 328 g/mol. The van der Waals surface area contributed by atoms with Gasteiger partial charge in [-0.2, -0.15) is 0 Å². The Balaban J connectivity index is 2.28. The summed E-state index contributed by atoms with van der Waals surface area (Å²) in [5.74, 6) is 1.25. The quantitative estimate of drug-likeness (QED) is 0.695. The van der Waals surface area contributed by atoms with Crippen molar-refractivity contribution in [2.24, 2.45) is 5.92 Å². The fourth-order valence-corrected chi connectivity index (χ4v) is 2.01. The van der Waals surface area contributed by atoms with E-state index in [-0.39, 0.29) is 5.91 Å². The van der Waals surface area contributed by atoms with Gasteiger partial charge >= 0.3 is 0 Å². The zero-order chi connectivity index (χ0) is 16.5. The number of rotatable bonds is 9. The second-order valence-corrected chi connectivity index (χ2v) is 6.20. The van der Waals surface area contributed by atoms with Crippen LogP contribution in [0.2, 0.25) is 5.02 Å². The van der Waals surface area contributed by atoms with Crippen LogP contribution < -0.4 is 4.74 Å². The minimum Gasteiger partial charge on any atom is -0.492 e. The third-order valence-corrected chi connectivity index (χ3v) is 3.51. The Labute approximate surface area is 138 Å². The minimum absolute atomic E-state index is 0.0292. The smallest absolute Gasteiger partial charge is 0.251 e. The molecule has 1 rings (SSSR count). The molecule has 0 N–H and O–H groups in total. The average Bonchev–Trinajstić information content (AvgIpc) is 2.45. The van der Waals surface area contributed by atoms with Crippen molar-refractivity contribution < 1.29 is 14.3 Å². The van der Waals surface area contributed by atoms with Crippen LogP contribution in [0.25, 0.3) is 0 Å². The lowest BCUT2D eigenvalue weighted by atomic mass is 10.1. The van der Waals surface area contributed by atoms with Crippen LogP contribution in [0.15, 0.2) is 24.3 Å². The van der Waals surface area contributed by atoms with Gasteiger partial charge in [0.1, 0.15) is 18.5 Å². The molecule has 0 spiro atoms. The summed E-state index contributed by atoms with van der Waals surface area (Å²) in [6.07, 6.45) is 0.536. The Morgan fingerprint density at radius 3 is 2.64 bits per heavy atom. The highest BCUT2D eigenvalue weighted by molar-refractivity contribution is 6.30. The van der Waals surface area contributed by atoms with E-state index in [1.807, 2.05) is 12.1 Å². The molecule has 0 aromatic heterocycles. The van der Waals surface area contributed by atoms with E-state index < -0.39 is 6.10 Å². The van der Waals surface area contributed by atoms with Gasteiger partial charge in [0, 0.05) is 18.7 Å². The molecule has 0 aliphatic heterocycles. The van der Waals surface area contributed by atoms with E-state index in [1.165, 1.54) is 0 Å². The number of ether oxygens (including phenoxy) is 2. The lowest BCUT2D eigenvalue weighted by Gasteiger charge is -2.22. The molecule has 22 heavy (non-hydrogen) atoms. The van der Waals surface area contributed by atoms with Crippen molar-refractivity contribution in [2.75, 3.05) is 26.8 Å². The van der Waals surface area contributed by atoms with Crippen LogP contribution in [0.3, 0.4) is 0 Å². The van der Waals surface area contributed by atoms with Crippen molar-refractivity contribution in [1.82, 2.24) is 4.90 Å². The molecule has 0 fully saturated rings. The van der Waals surface area contributed by atoms with Gasteiger partial charge in [0.05, 0.1) is 6.54 Å². The molecule has 0 saturated heterocycles. The van der Waals surface area contributed by atoms with Crippen LogP contribution in [0.1, 0.15) is 27.2 Å². The molecule has 0 saturated carbocycles. The van der Waals surface area contributed by atoms with Crippen molar-refractivity contribution in [3.8, 4) is 5.75 Å². The fourth-order valence-electron chi connectivity index (χ4n) is 1.83. The first-order chi connectivity index (χ1) is 10.4. The maximum absolute atomic E-state index is 12.1. The zero-order valence-corrected chi connectivity index (χ0v) is 14.6. The summed E-state index contributed by atoms with van der Waals surface area (Å²) < 4.78 is 11.1. The molecule has 124 valence electrons. The maximum Gasteiger partial charge on any atom is 0.251 e. The number of likely N-dealkylation sites (N-methyl/N-ethyl adjacent to an activating group) is 1. The number of hydrogen-bond donors (Lipinski definition) is 0. The molecule has 1 atom stereocenters. The maximum atomic E-state index is 12.1. The zero-order valence-electron chi connectivity index (χ0n) is 13.8. The topological polar surface area (TPSA) is 38.8 Å². The molecule has 1 aromatic carbocycles. The number of hydrogen-bond acceptors (Lipinski definition) is 3. The highest BCUT2D eigenvalue weighted by Crippen LogP contribution is 2.16. The molecule has 1 unspecified atom stereocenters. The Kier molecular flexibility index (Phi) is 8.28. The van der Waals surface area contributed by atoms with Crippen molar-refractivity contribution in [3.05, 3.63) is 29.3 Å². The predicted octanol–water partition coefficient (Wildman–Crippen LogP) is 3.63. The molecule has 4 nitrogen and oxygen atoms in total. The molecule has 1 amide bonds. The van der Waals surface area contributed by atoms with E-state index in [4.69, 9.17) is 21.1 Å². The van der Waals surface area contributed by atoms with Gasteiger partial charge in [-0.05, 0) is 37.5 Å². The van der Waals surface area contributed by atoms with Gasteiger partial charge in [-0.15, -0.1) is 0 Å². The van der Waals surface area contributed by atoms with Crippen LogP contribution in [0.5, 0.6) is 5.75 Å². The normalized spacial score (nSPS) is 12.3. The highest BCUT2D eigenvalue weighted by Gasteiger charge is 2.17. The van der Waals surface area contributed by atoms with Gasteiger partial charge in [0.15, 0.2) is 0 Å². The Hall–Kier alpha value is -1.26. The van der Waals surface area contributed by atoms with Crippen molar-refractivity contribution in [2.45, 2.75) is 33.3 Å². The van der Waals surface area contributed by atoms with E-state index >= 15 is 0 Å². The van der Waals surface area contributed by atoms with Gasteiger partial charge in [-0.25, -0.2) is 0 Å². The number of carbonyl (C=O) groups is 1. The third-order valence-electron chi connectivity index (χ3n) is 3.28. The van der Waals surface area contributed by atoms with Crippen LogP contribution in [-0.2, 0) is 9.53 Å². The van der Waals surface area contributed by atoms with Gasteiger partial charge in [-0.3, -0.25) is 4.79 Å². The second kappa shape index (κ2) is 9.70. The summed E-state index contributed by atoms with van der Waals surface area (Å²) in [5, 5.41) is 0.633. The number of benzene rings is 1. The standard InChI is InChI=1S/C17H26ClNO3/c1-13(2)8-10-21-14(3)17(20)19(4)9-11-22-16-7-5-6-15(18)12-16/h5-7,12-14H,8-11H2,1-4H3. The fraction of sp³-hybridized carbons (Fsp3) is 0.588. The van der Waals surface area contributed by atoms with Gasteiger partial charge in [0.2, 0.25) is 0 Å². The number of halogens is 1.